The van der Waals surface area contributed by atoms with Crippen LogP contribution in [0.4, 0.5) is 0 Å². The van der Waals surface area contributed by atoms with Crippen LogP contribution in [0.5, 0.6) is 0 Å². The monoisotopic (exact) mass is 258 g/mol. The van der Waals surface area contributed by atoms with Crippen LogP contribution >= 0.6 is 15.9 Å². The molecule has 0 bridgehead atoms. The van der Waals surface area contributed by atoms with Gasteiger partial charge in [0.05, 0.1) is 0 Å². The van der Waals surface area contributed by atoms with Gasteiger partial charge in [-0.05, 0) is 31.2 Å². The lowest BCUT2D eigenvalue weighted by Crippen LogP contribution is -2.06. The molecule has 0 radical (unpaired) electrons. The molecule has 0 aromatic carbocycles. The lowest BCUT2D eigenvalue weighted by Gasteiger charge is -2.12. The van der Waals surface area contributed by atoms with Crippen LogP contribution in [0.25, 0.3) is 0 Å². The van der Waals surface area contributed by atoms with Gasteiger partial charge < -0.3 is 0 Å². The van der Waals surface area contributed by atoms with Crippen molar-refractivity contribution >= 4 is 15.9 Å². The van der Waals surface area contributed by atoms with Gasteiger partial charge in [-0.3, -0.25) is 4.68 Å². The van der Waals surface area contributed by atoms with Gasteiger partial charge in [0, 0.05) is 24.3 Å². The Hall–Kier alpha value is -0.310. The summed E-state index contributed by atoms with van der Waals surface area (Å²) in [5, 5.41) is 5.30. The highest BCUT2D eigenvalue weighted by Crippen LogP contribution is 2.16. The van der Waals surface area contributed by atoms with Crippen molar-refractivity contribution in [3.05, 3.63) is 18.0 Å². The number of aromatic nitrogens is 2. The van der Waals surface area contributed by atoms with Crippen LogP contribution in [-0.2, 0) is 13.5 Å². The molecule has 1 aromatic heterocycles. The summed E-state index contributed by atoms with van der Waals surface area (Å²) in [6.07, 6.45) is 6.88. The third kappa shape index (κ3) is 3.45. The number of hydrogen-bond donors (Lipinski definition) is 0. The van der Waals surface area contributed by atoms with Crippen molar-refractivity contribution in [1.29, 1.82) is 0 Å². The van der Waals surface area contributed by atoms with Crippen molar-refractivity contribution in [3.63, 3.8) is 0 Å². The summed E-state index contributed by atoms with van der Waals surface area (Å²) in [6.45, 7) is 2.25. The predicted octanol–water partition coefficient (Wildman–Crippen LogP) is 3.16. The normalized spacial score (nSPS) is 13.1. The average Bonchev–Trinajstić information content (AvgIpc) is 2.59. The van der Waals surface area contributed by atoms with E-state index in [4.69, 9.17) is 0 Å². The Morgan fingerprint density at radius 3 is 2.79 bits per heavy atom. The zero-order valence-electron chi connectivity index (χ0n) is 9.04. The second-order valence-corrected chi connectivity index (χ2v) is 4.44. The standard InChI is InChI=1S/C11H19BrN2/c1-3-4-10(9-12)5-6-11-7-8-13-14(11)2/h7-8,10H,3-6,9H2,1-2H3. The lowest BCUT2D eigenvalue weighted by molar-refractivity contribution is 0.488. The van der Waals surface area contributed by atoms with E-state index in [1.807, 2.05) is 17.9 Å². The molecule has 14 heavy (non-hydrogen) atoms. The van der Waals surface area contributed by atoms with Crippen molar-refractivity contribution < 1.29 is 0 Å². The van der Waals surface area contributed by atoms with E-state index >= 15 is 0 Å². The van der Waals surface area contributed by atoms with Gasteiger partial charge in [0.15, 0.2) is 0 Å². The van der Waals surface area contributed by atoms with Crippen molar-refractivity contribution in [1.82, 2.24) is 9.78 Å². The van der Waals surface area contributed by atoms with Crippen LogP contribution in [-0.4, -0.2) is 15.1 Å². The molecule has 0 fully saturated rings. The molecule has 1 rings (SSSR count). The number of rotatable bonds is 6. The van der Waals surface area contributed by atoms with E-state index in [1.165, 1.54) is 25.0 Å². The molecular formula is C11H19BrN2. The van der Waals surface area contributed by atoms with Crippen molar-refractivity contribution in [2.24, 2.45) is 13.0 Å². The maximum Gasteiger partial charge on any atom is 0.0492 e. The zero-order chi connectivity index (χ0) is 10.4. The van der Waals surface area contributed by atoms with Crippen LogP contribution < -0.4 is 0 Å². The summed E-state index contributed by atoms with van der Waals surface area (Å²) < 4.78 is 1.97. The van der Waals surface area contributed by atoms with Crippen molar-refractivity contribution in [2.45, 2.75) is 32.6 Å². The summed E-state index contributed by atoms with van der Waals surface area (Å²) in [7, 11) is 2.01. The Bertz CT molecular complexity index is 258. The number of hydrogen-bond acceptors (Lipinski definition) is 1. The first-order valence-electron chi connectivity index (χ1n) is 5.30. The van der Waals surface area contributed by atoms with E-state index < -0.39 is 0 Å². The molecule has 0 saturated carbocycles. The first-order valence-corrected chi connectivity index (χ1v) is 6.43. The predicted molar refractivity (Wildman–Crippen MR) is 63.7 cm³/mol. The number of alkyl halides is 1. The van der Waals surface area contributed by atoms with E-state index in [0.717, 1.165) is 17.7 Å². The molecule has 0 aliphatic rings. The molecule has 3 heteroatoms. The Morgan fingerprint density at radius 2 is 2.29 bits per heavy atom. The number of aryl methyl sites for hydroxylation is 2. The zero-order valence-corrected chi connectivity index (χ0v) is 10.6. The second kappa shape index (κ2) is 6.23. The van der Waals surface area contributed by atoms with Gasteiger partial charge in [0.2, 0.25) is 0 Å². The molecule has 0 aliphatic carbocycles. The highest BCUT2D eigenvalue weighted by atomic mass is 79.9. The molecule has 0 amide bonds. The van der Waals surface area contributed by atoms with E-state index in [1.54, 1.807) is 0 Å². The summed E-state index contributed by atoms with van der Waals surface area (Å²) in [5.74, 6) is 0.815. The highest BCUT2D eigenvalue weighted by Gasteiger charge is 2.07. The Morgan fingerprint density at radius 1 is 1.50 bits per heavy atom. The minimum Gasteiger partial charge on any atom is -0.273 e. The topological polar surface area (TPSA) is 17.8 Å². The minimum atomic E-state index is 0.815. The summed E-state index contributed by atoms with van der Waals surface area (Å²) >= 11 is 3.58. The largest absolute Gasteiger partial charge is 0.273 e. The Kier molecular flexibility index (Phi) is 5.23. The smallest absolute Gasteiger partial charge is 0.0492 e. The highest BCUT2D eigenvalue weighted by molar-refractivity contribution is 9.09. The van der Waals surface area contributed by atoms with Crippen molar-refractivity contribution in [3.8, 4) is 0 Å². The fourth-order valence-electron chi connectivity index (χ4n) is 1.71. The van der Waals surface area contributed by atoms with Gasteiger partial charge in [0.25, 0.3) is 0 Å². The molecule has 2 nitrogen and oxygen atoms in total. The van der Waals surface area contributed by atoms with Crippen molar-refractivity contribution in [2.75, 3.05) is 5.33 Å². The summed E-state index contributed by atoms with van der Waals surface area (Å²) in [4.78, 5) is 0. The maximum atomic E-state index is 4.17. The van der Waals surface area contributed by atoms with E-state index in [2.05, 4.69) is 34.0 Å². The summed E-state index contributed by atoms with van der Waals surface area (Å²) in [6, 6.07) is 2.11. The molecule has 0 N–H and O–H groups in total. The molecule has 1 aromatic rings. The van der Waals surface area contributed by atoms with Gasteiger partial charge in [-0.25, -0.2) is 0 Å². The van der Waals surface area contributed by atoms with Gasteiger partial charge in [-0.1, -0.05) is 29.3 Å². The van der Waals surface area contributed by atoms with Gasteiger partial charge in [-0.15, -0.1) is 0 Å². The SMILES string of the molecule is CCCC(CBr)CCc1ccnn1C. The number of halogens is 1. The minimum absolute atomic E-state index is 0.815. The Balaban J connectivity index is 2.35. The van der Waals surface area contributed by atoms with Crippen LogP contribution in [0.2, 0.25) is 0 Å². The molecule has 80 valence electrons. The number of nitrogens with zero attached hydrogens (tertiary/aromatic N) is 2. The third-order valence-electron chi connectivity index (χ3n) is 2.65. The maximum absolute atomic E-state index is 4.17. The van der Waals surface area contributed by atoms with Gasteiger partial charge in [-0.2, -0.15) is 5.10 Å². The molecule has 1 atom stereocenters. The molecule has 1 heterocycles. The Labute approximate surface area is 94.8 Å². The first kappa shape index (κ1) is 11.8. The van der Waals surface area contributed by atoms with E-state index in [9.17, 15) is 0 Å². The fraction of sp³-hybridized carbons (Fsp3) is 0.727. The second-order valence-electron chi connectivity index (χ2n) is 3.79. The molecule has 0 spiro atoms. The molecular weight excluding hydrogens is 240 g/mol. The third-order valence-corrected chi connectivity index (χ3v) is 3.56. The van der Waals surface area contributed by atoms with Crippen LogP contribution in [0.15, 0.2) is 12.3 Å². The van der Waals surface area contributed by atoms with E-state index in [0.29, 0.717) is 0 Å². The summed E-state index contributed by atoms with van der Waals surface area (Å²) in [5.41, 5.74) is 1.34. The molecule has 0 saturated heterocycles. The fourth-order valence-corrected chi connectivity index (χ4v) is 2.35. The van der Waals surface area contributed by atoms with Gasteiger partial charge in [0.1, 0.15) is 0 Å². The van der Waals surface area contributed by atoms with Crippen LogP contribution in [0.3, 0.4) is 0 Å². The van der Waals surface area contributed by atoms with E-state index in [-0.39, 0.29) is 0 Å². The van der Waals surface area contributed by atoms with Crippen LogP contribution in [0.1, 0.15) is 31.9 Å². The molecule has 1 unspecified atom stereocenters. The lowest BCUT2D eigenvalue weighted by atomic mass is 9.99. The quantitative estimate of drug-likeness (QED) is 0.717. The average molecular weight is 259 g/mol. The molecule has 0 aliphatic heterocycles. The van der Waals surface area contributed by atoms with Gasteiger partial charge >= 0.3 is 0 Å². The first-order chi connectivity index (χ1) is 6.77. The van der Waals surface area contributed by atoms with Crippen LogP contribution in [0, 0.1) is 5.92 Å².